The first-order chi connectivity index (χ1) is 8.93. The number of piperazine rings is 1. The number of nitrogens with zero attached hydrogens (tertiary/aromatic N) is 2. The van der Waals surface area contributed by atoms with Gasteiger partial charge in [0.2, 0.25) is 0 Å². The molecule has 104 valence electrons. The Bertz CT molecular complexity index is 253. The van der Waals surface area contributed by atoms with Gasteiger partial charge < -0.3 is 10.1 Å². The molecule has 0 aromatic carbocycles. The number of hydrogen-bond donors (Lipinski definition) is 1. The van der Waals surface area contributed by atoms with E-state index in [0.29, 0.717) is 0 Å². The number of fused-ring (bicyclic) bond motifs is 1. The quantitative estimate of drug-likeness (QED) is 0.794. The molecule has 2 saturated heterocycles. The highest BCUT2D eigenvalue weighted by molar-refractivity contribution is 4.92. The highest BCUT2D eigenvalue weighted by Gasteiger charge is 2.32. The summed E-state index contributed by atoms with van der Waals surface area (Å²) < 4.78 is 5.41. The molecule has 0 spiro atoms. The van der Waals surface area contributed by atoms with Gasteiger partial charge in [-0.1, -0.05) is 12.8 Å². The highest BCUT2D eigenvalue weighted by Crippen LogP contribution is 2.25. The first kappa shape index (κ1) is 12.9. The SMILES string of the molecule is C1CC[C@H]2[C@@H](C1)NCCN2CCN1CCOCC1. The van der Waals surface area contributed by atoms with Gasteiger partial charge in [0.1, 0.15) is 0 Å². The van der Waals surface area contributed by atoms with E-state index >= 15 is 0 Å². The molecule has 0 aromatic rings. The summed E-state index contributed by atoms with van der Waals surface area (Å²) in [6.07, 6.45) is 5.64. The Balaban J connectivity index is 1.48. The van der Waals surface area contributed by atoms with Crippen LogP contribution in [0.4, 0.5) is 0 Å². The van der Waals surface area contributed by atoms with Crippen molar-refractivity contribution in [2.45, 2.75) is 37.8 Å². The molecular weight excluding hydrogens is 226 g/mol. The molecule has 2 atom stereocenters. The lowest BCUT2D eigenvalue weighted by Gasteiger charge is -2.45. The molecule has 3 fully saturated rings. The Kier molecular flexibility index (Phi) is 4.52. The molecule has 3 aliphatic rings. The Hall–Kier alpha value is -0.160. The molecule has 0 bridgehead atoms. The van der Waals surface area contributed by atoms with Gasteiger partial charge in [-0.25, -0.2) is 0 Å². The van der Waals surface area contributed by atoms with Crippen molar-refractivity contribution in [2.75, 3.05) is 52.5 Å². The monoisotopic (exact) mass is 253 g/mol. The number of morpholine rings is 1. The lowest BCUT2D eigenvalue weighted by molar-refractivity contribution is 0.0227. The van der Waals surface area contributed by atoms with E-state index in [4.69, 9.17) is 4.74 Å². The average Bonchev–Trinajstić information content (AvgIpc) is 2.46. The normalized spacial score (nSPS) is 35.3. The van der Waals surface area contributed by atoms with Crippen LogP contribution in [0, 0.1) is 0 Å². The van der Waals surface area contributed by atoms with Crippen molar-refractivity contribution in [3.63, 3.8) is 0 Å². The highest BCUT2D eigenvalue weighted by atomic mass is 16.5. The molecule has 4 heteroatoms. The molecule has 1 aliphatic carbocycles. The Labute approximate surface area is 111 Å². The molecule has 2 aliphatic heterocycles. The molecular formula is C14H27N3O. The van der Waals surface area contributed by atoms with Crippen LogP contribution in [0.1, 0.15) is 25.7 Å². The van der Waals surface area contributed by atoms with Crippen LogP contribution in [0.5, 0.6) is 0 Å². The van der Waals surface area contributed by atoms with Gasteiger partial charge in [0.25, 0.3) is 0 Å². The largest absolute Gasteiger partial charge is 0.379 e. The Morgan fingerprint density at radius 3 is 2.72 bits per heavy atom. The van der Waals surface area contributed by atoms with Crippen molar-refractivity contribution in [1.29, 1.82) is 0 Å². The second kappa shape index (κ2) is 6.33. The molecule has 0 radical (unpaired) electrons. The maximum absolute atomic E-state index is 5.41. The minimum absolute atomic E-state index is 0.775. The van der Waals surface area contributed by atoms with Gasteiger partial charge in [-0.2, -0.15) is 0 Å². The maximum atomic E-state index is 5.41. The predicted octanol–water partition coefficient (Wildman–Crippen LogP) is 0.535. The molecule has 18 heavy (non-hydrogen) atoms. The molecule has 3 rings (SSSR count). The molecule has 0 amide bonds. The van der Waals surface area contributed by atoms with Crippen LogP contribution >= 0.6 is 0 Å². The molecule has 1 saturated carbocycles. The van der Waals surface area contributed by atoms with Crippen LogP contribution in [0.3, 0.4) is 0 Å². The fourth-order valence-corrected chi connectivity index (χ4v) is 3.72. The molecule has 2 heterocycles. The second-order valence-electron chi connectivity index (χ2n) is 5.90. The van der Waals surface area contributed by atoms with Gasteiger partial charge >= 0.3 is 0 Å². The van der Waals surface area contributed by atoms with Crippen LogP contribution < -0.4 is 5.32 Å². The zero-order chi connectivity index (χ0) is 12.2. The van der Waals surface area contributed by atoms with E-state index in [1.165, 1.54) is 51.9 Å². The topological polar surface area (TPSA) is 27.7 Å². The van der Waals surface area contributed by atoms with E-state index in [9.17, 15) is 0 Å². The summed E-state index contributed by atoms with van der Waals surface area (Å²) in [5.41, 5.74) is 0. The summed E-state index contributed by atoms with van der Waals surface area (Å²) in [5.74, 6) is 0. The Morgan fingerprint density at radius 2 is 1.83 bits per heavy atom. The van der Waals surface area contributed by atoms with Gasteiger partial charge in [-0.15, -0.1) is 0 Å². The van der Waals surface area contributed by atoms with Crippen molar-refractivity contribution < 1.29 is 4.74 Å². The molecule has 1 N–H and O–H groups in total. The number of hydrogen-bond acceptors (Lipinski definition) is 4. The van der Waals surface area contributed by atoms with E-state index in [0.717, 1.165) is 38.4 Å². The summed E-state index contributed by atoms with van der Waals surface area (Å²) in [6, 6.07) is 1.59. The van der Waals surface area contributed by atoms with Crippen molar-refractivity contribution in [3.8, 4) is 0 Å². The first-order valence-corrected chi connectivity index (χ1v) is 7.71. The van der Waals surface area contributed by atoms with E-state index in [2.05, 4.69) is 15.1 Å². The van der Waals surface area contributed by atoms with Crippen LogP contribution in [0.15, 0.2) is 0 Å². The van der Waals surface area contributed by atoms with Gasteiger partial charge in [-0.3, -0.25) is 9.80 Å². The van der Waals surface area contributed by atoms with Crippen molar-refractivity contribution in [3.05, 3.63) is 0 Å². The predicted molar refractivity (Wildman–Crippen MR) is 72.9 cm³/mol. The van der Waals surface area contributed by atoms with Crippen LogP contribution in [0.25, 0.3) is 0 Å². The molecule has 0 aromatic heterocycles. The zero-order valence-electron chi connectivity index (χ0n) is 11.4. The van der Waals surface area contributed by atoms with Crippen molar-refractivity contribution >= 4 is 0 Å². The minimum atomic E-state index is 0.775. The van der Waals surface area contributed by atoms with E-state index < -0.39 is 0 Å². The van der Waals surface area contributed by atoms with Gasteiger partial charge in [-0.05, 0) is 12.8 Å². The molecule has 4 nitrogen and oxygen atoms in total. The third kappa shape index (κ3) is 3.05. The fourth-order valence-electron chi connectivity index (χ4n) is 3.72. The standard InChI is InChI=1S/C14H27N3O/c1-2-4-14-13(3-1)15-5-6-17(14)8-7-16-9-11-18-12-10-16/h13-15H,1-12H2/t13-,14+/m1/s1. The number of nitrogens with one attached hydrogen (secondary N) is 1. The zero-order valence-corrected chi connectivity index (χ0v) is 11.4. The van der Waals surface area contributed by atoms with Crippen LogP contribution in [-0.4, -0.2) is 74.4 Å². The van der Waals surface area contributed by atoms with Crippen LogP contribution in [0.2, 0.25) is 0 Å². The third-order valence-corrected chi connectivity index (χ3v) is 4.81. The lowest BCUT2D eigenvalue weighted by Crippen LogP contribution is -2.60. The van der Waals surface area contributed by atoms with Crippen molar-refractivity contribution in [2.24, 2.45) is 0 Å². The maximum Gasteiger partial charge on any atom is 0.0594 e. The van der Waals surface area contributed by atoms with Gasteiger partial charge in [0.05, 0.1) is 13.2 Å². The average molecular weight is 253 g/mol. The minimum Gasteiger partial charge on any atom is -0.379 e. The molecule has 0 unspecified atom stereocenters. The van der Waals surface area contributed by atoms with Gasteiger partial charge in [0, 0.05) is 51.4 Å². The van der Waals surface area contributed by atoms with Gasteiger partial charge in [0.15, 0.2) is 0 Å². The summed E-state index contributed by atoms with van der Waals surface area (Å²) in [5, 5.41) is 3.71. The van der Waals surface area contributed by atoms with E-state index in [-0.39, 0.29) is 0 Å². The second-order valence-corrected chi connectivity index (χ2v) is 5.90. The summed E-state index contributed by atoms with van der Waals surface area (Å²) in [6.45, 7) is 9.01. The van der Waals surface area contributed by atoms with Crippen LogP contribution in [-0.2, 0) is 4.74 Å². The smallest absolute Gasteiger partial charge is 0.0594 e. The Morgan fingerprint density at radius 1 is 1.00 bits per heavy atom. The third-order valence-electron chi connectivity index (χ3n) is 4.81. The van der Waals surface area contributed by atoms with E-state index in [1.807, 2.05) is 0 Å². The summed E-state index contributed by atoms with van der Waals surface area (Å²) in [4.78, 5) is 5.30. The van der Waals surface area contributed by atoms with E-state index in [1.54, 1.807) is 0 Å². The summed E-state index contributed by atoms with van der Waals surface area (Å²) >= 11 is 0. The lowest BCUT2D eigenvalue weighted by atomic mass is 9.87. The number of ether oxygens (including phenoxy) is 1. The first-order valence-electron chi connectivity index (χ1n) is 7.71. The van der Waals surface area contributed by atoms with Crippen molar-refractivity contribution in [1.82, 2.24) is 15.1 Å². The summed E-state index contributed by atoms with van der Waals surface area (Å²) in [7, 11) is 0. The fraction of sp³-hybridized carbons (Fsp3) is 1.00. The number of rotatable bonds is 3.